The molecule has 2 N–H and O–H groups in total. The second kappa shape index (κ2) is 5.41. The second-order valence-corrected chi connectivity index (χ2v) is 8.18. The van der Waals surface area contributed by atoms with Crippen molar-refractivity contribution in [2.24, 2.45) is 11.1 Å². The van der Waals surface area contributed by atoms with Crippen LogP contribution in [0.15, 0.2) is 0 Å². The van der Waals surface area contributed by atoms with Crippen LogP contribution < -0.4 is 5.73 Å². The molecular weight excluding hydrogens is 244 g/mol. The van der Waals surface area contributed by atoms with Crippen molar-refractivity contribution in [2.75, 3.05) is 25.4 Å². The predicted octanol–water partition coefficient (Wildman–Crippen LogP) is 2.25. The lowest BCUT2D eigenvalue weighted by atomic mass is 9.73. The van der Waals surface area contributed by atoms with E-state index < -0.39 is 0 Å². The van der Waals surface area contributed by atoms with Crippen LogP contribution in [0.1, 0.15) is 46.0 Å². The minimum absolute atomic E-state index is 0.193. The molecule has 1 saturated heterocycles. The summed E-state index contributed by atoms with van der Waals surface area (Å²) in [6.07, 6.45) is 5.57. The Bertz CT molecular complexity index is 311. The second-order valence-electron chi connectivity index (χ2n) is 6.38. The van der Waals surface area contributed by atoms with Gasteiger partial charge in [0.05, 0.1) is 5.41 Å². The first-order valence-electron chi connectivity index (χ1n) is 7.13. The van der Waals surface area contributed by atoms with Crippen LogP contribution in [0.25, 0.3) is 0 Å². The third-order valence-corrected chi connectivity index (χ3v) is 5.67. The van der Waals surface area contributed by atoms with Crippen LogP contribution in [-0.4, -0.2) is 40.9 Å². The number of hydrogen-bond donors (Lipinski definition) is 1. The van der Waals surface area contributed by atoms with Gasteiger partial charge in [0.1, 0.15) is 0 Å². The molecule has 0 bridgehead atoms. The average molecular weight is 270 g/mol. The highest BCUT2D eigenvalue weighted by Gasteiger charge is 2.42. The normalized spacial score (nSPS) is 26.9. The summed E-state index contributed by atoms with van der Waals surface area (Å²) < 4.78 is 0.193. The fourth-order valence-corrected chi connectivity index (χ4v) is 4.37. The summed E-state index contributed by atoms with van der Waals surface area (Å²) in [4.78, 5) is 14.9. The molecule has 1 amide bonds. The minimum Gasteiger partial charge on any atom is -0.340 e. The Hall–Kier alpha value is -0.220. The van der Waals surface area contributed by atoms with E-state index in [1.54, 1.807) is 0 Å². The number of thioether (sulfide) groups is 1. The minimum atomic E-state index is -0.240. The van der Waals surface area contributed by atoms with Crippen molar-refractivity contribution < 1.29 is 4.79 Å². The highest BCUT2D eigenvalue weighted by molar-refractivity contribution is 8.00. The molecule has 0 aromatic heterocycles. The number of nitrogens with zero attached hydrogens (tertiary/aromatic N) is 1. The standard InChI is InChI=1S/C14H26N2OS/c1-13(2)11-16(8-9-18-13)12(17)14(10-15)6-4-3-5-7-14/h3-11,15H2,1-2H3. The van der Waals surface area contributed by atoms with E-state index in [9.17, 15) is 4.79 Å². The van der Waals surface area contributed by atoms with Gasteiger partial charge in [-0.25, -0.2) is 0 Å². The molecule has 1 aliphatic carbocycles. The monoisotopic (exact) mass is 270 g/mol. The quantitative estimate of drug-likeness (QED) is 0.837. The molecule has 0 spiro atoms. The van der Waals surface area contributed by atoms with Crippen LogP contribution in [0.3, 0.4) is 0 Å². The van der Waals surface area contributed by atoms with Gasteiger partial charge in [-0.15, -0.1) is 0 Å². The van der Waals surface area contributed by atoms with Gasteiger partial charge in [-0.2, -0.15) is 11.8 Å². The molecule has 104 valence electrons. The molecule has 1 saturated carbocycles. The first kappa shape index (κ1) is 14.2. The van der Waals surface area contributed by atoms with E-state index in [-0.39, 0.29) is 10.2 Å². The maximum atomic E-state index is 12.8. The van der Waals surface area contributed by atoms with Crippen molar-refractivity contribution in [1.29, 1.82) is 0 Å². The molecule has 0 radical (unpaired) electrons. The van der Waals surface area contributed by atoms with Gasteiger partial charge in [0.25, 0.3) is 0 Å². The molecule has 2 fully saturated rings. The van der Waals surface area contributed by atoms with Crippen molar-refractivity contribution in [3.8, 4) is 0 Å². The van der Waals surface area contributed by atoms with E-state index >= 15 is 0 Å². The van der Waals surface area contributed by atoms with Gasteiger partial charge in [0.2, 0.25) is 5.91 Å². The third kappa shape index (κ3) is 2.85. The fraction of sp³-hybridized carbons (Fsp3) is 0.929. The summed E-state index contributed by atoms with van der Waals surface area (Å²) in [6.45, 7) is 6.75. The molecule has 4 heteroatoms. The maximum absolute atomic E-state index is 12.8. The Morgan fingerprint density at radius 1 is 1.28 bits per heavy atom. The lowest BCUT2D eigenvalue weighted by molar-refractivity contribution is -0.143. The maximum Gasteiger partial charge on any atom is 0.230 e. The third-order valence-electron chi connectivity index (χ3n) is 4.37. The lowest BCUT2D eigenvalue weighted by Gasteiger charge is -2.44. The summed E-state index contributed by atoms with van der Waals surface area (Å²) in [6, 6.07) is 0. The van der Waals surface area contributed by atoms with E-state index in [0.717, 1.165) is 44.5 Å². The molecule has 0 aromatic rings. The van der Waals surface area contributed by atoms with Gasteiger partial charge >= 0.3 is 0 Å². The molecule has 1 aliphatic heterocycles. The van der Waals surface area contributed by atoms with Crippen LogP contribution in [-0.2, 0) is 4.79 Å². The molecular formula is C14H26N2OS. The van der Waals surface area contributed by atoms with Gasteiger partial charge in [-0.1, -0.05) is 19.3 Å². The topological polar surface area (TPSA) is 46.3 Å². The first-order valence-corrected chi connectivity index (χ1v) is 8.11. The van der Waals surface area contributed by atoms with E-state index in [1.807, 2.05) is 11.8 Å². The molecule has 1 heterocycles. The van der Waals surface area contributed by atoms with E-state index in [0.29, 0.717) is 12.5 Å². The smallest absolute Gasteiger partial charge is 0.230 e. The number of carbonyl (C=O) groups is 1. The van der Waals surface area contributed by atoms with Gasteiger partial charge in [-0.3, -0.25) is 4.79 Å². The average Bonchev–Trinajstić information content (AvgIpc) is 2.37. The SMILES string of the molecule is CC1(C)CN(C(=O)C2(CN)CCCCC2)CCS1. The fourth-order valence-electron chi connectivity index (χ4n) is 3.26. The van der Waals surface area contributed by atoms with Gasteiger partial charge < -0.3 is 10.6 Å². The summed E-state index contributed by atoms with van der Waals surface area (Å²) >= 11 is 1.97. The van der Waals surface area contributed by atoms with Crippen LogP contribution >= 0.6 is 11.8 Å². The molecule has 2 aliphatic rings. The summed E-state index contributed by atoms with van der Waals surface area (Å²) in [5.41, 5.74) is 5.72. The molecule has 18 heavy (non-hydrogen) atoms. The zero-order chi connectivity index (χ0) is 13.2. The number of rotatable bonds is 2. The Morgan fingerprint density at radius 2 is 1.94 bits per heavy atom. The Balaban J connectivity index is 2.09. The summed E-state index contributed by atoms with van der Waals surface area (Å²) in [5, 5.41) is 0. The number of carbonyl (C=O) groups excluding carboxylic acids is 1. The Morgan fingerprint density at radius 3 is 2.50 bits per heavy atom. The largest absolute Gasteiger partial charge is 0.340 e. The molecule has 0 unspecified atom stereocenters. The number of amides is 1. The number of hydrogen-bond acceptors (Lipinski definition) is 3. The molecule has 3 nitrogen and oxygen atoms in total. The highest BCUT2D eigenvalue weighted by atomic mass is 32.2. The van der Waals surface area contributed by atoms with E-state index in [2.05, 4.69) is 18.7 Å². The zero-order valence-electron chi connectivity index (χ0n) is 11.7. The van der Waals surface area contributed by atoms with Crippen molar-refractivity contribution in [2.45, 2.75) is 50.7 Å². The highest BCUT2D eigenvalue weighted by Crippen LogP contribution is 2.39. The zero-order valence-corrected chi connectivity index (χ0v) is 12.5. The molecule has 2 rings (SSSR count). The first-order chi connectivity index (χ1) is 8.49. The van der Waals surface area contributed by atoms with Gasteiger partial charge in [-0.05, 0) is 26.7 Å². The Labute approximate surface area is 115 Å². The van der Waals surface area contributed by atoms with Crippen molar-refractivity contribution in [3.63, 3.8) is 0 Å². The van der Waals surface area contributed by atoms with Crippen LogP contribution in [0.2, 0.25) is 0 Å². The van der Waals surface area contributed by atoms with Gasteiger partial charge in [0.15, 0.2) is 0 Å². The predicted molar refractivity (Wildman–Crippen MR) is 77.7 cm³/mol. The van der Waals surface area contributed by atoms with Crippen LogP contribution in [0, 0.1) is 5.41 Å². The lowest BCUT2D eigenvalue weighted by Crippen LogP contribution is -2.54. The number of nitrogens with two attached hydrogens (primary N) is 1. The van der Waals surface area contributed by atoms with Crippen LogP contribution in [0.5, 0.6) is 0 Å². The van der Waals surface area contributed by atoms with Crippen LogP contribution in [0.4, 0.5) is 0 Å². The van der Waals surface area contributed by atoms with Crippen molar-refractivity contribution in [1.82, 2.24) is 4.90 Å². The van der Waals surface area contributed by atoms with Gasteiger partial charge in [0, 0.05) is 30.1 Å². The van der Waals surface area contributed by atoms with E-state index in [1.165, 1.54) is 6.42 Å². The van der Waals surface area contributed by atoms with Crippen molar-refractivity contribution >= 4 is 17.7 Å². The van der Waals surface area contributed by atoms with E-state index in [4.69, 9.17) is 5.73 Å². The molecule has 0 aromatic carbocycles. The summed E-state index contributed by atoms with van der Waals surface area (Å²) in [7, 11) is 0. The van der Waals surface area contributed by atoms with Crippen molar-refractivity contribution in [3.05, 3.63) is 0 Å². The molecule has 0 atom stereocenters. The Kier molecular flexibility index (Phi) is 4.27. The summed E-state index contributed by atoms with van der Waals surface area (Å²) in [5.74, 6) is 1.39.